The molecule has 138 valence electrons. The van der Waals surface area contributed by atoms with Crippen molar-refractivity contribution in [1.82, 2.24) is 9.80 Å². The summed E-state index contributed by atoms with van der Waals surface area (Å²) in [6.45, 7) is 0.815. The van der Waals surface area contributed by atoms with Crippen molar-refractivity contribution in [2.24, 2.45) is 41.4 Å². The first kappa shape index (κ1) is 15.4. The van der Waals surface area contributed by atoms with Crippen LogP contribution in [0.2, 0.25) is 0 Å². The van der Waals surface area contributed by atoms with Crippen LogP contribution in [0.15, 0.2) is 12.2 Å². The van der Waals surface area contributed by atoms with E-state index in [1.807, 2.05) is 4.90 Å². The summed E-state index contributed by atoms with van der Waals surface area (Å²) in [5.74, 6) is 2.05. The summed E-state index contributed by atoms with van der Waals surface area (Å²) in [6, 6.07) is 0.337. The van der Waals surface area contributed by atoms with Gasteiger partial charge < -0.3 is 4.90 Å². The number of rotatable bonds is 2. The van der Waals surface area contributed by atoms with E-state index >= 15 is 0 Å². The minimum absolute atomic E-state index is 0.00480. The van der Waals surface area contributed by atoms with Crippen LogP contribution in [0, 0.1) is 41.4 Å². The van der Waals surface area contributed by atoms with Gasteiger partial charge in [0, 0.05) is 12.6 Å². The number of amides is 3. The van der Waals surface area contributed by atoms with Crippen molar-refractivity contribution in [3.63, 3.8) is 0 Å². The molecule has 6 bridgehead atoms. The van der Waals surface area contributed by atoms with Crippen molar-refractivity contribution < 1.29 is 14.4 Å². The average molecular weight is 354 g/mol. The third kappa shape index (κ3) is 2.00. The van der Waals surface area contributed by atoms with E-state index in [0.717, 1.165) is 37.6 Å². The first-order valence-electron chi connectivity index (χ1n) is 10.4. The van der Waals surface area contributed by atoms with Gasteiger partial charge in [-0.2, -0.15) is 0 Å². The third-order valence-electron chi connectivity index (χ3n) is 8.28. The zero-order valence-electron chi connectivity index (χ0n) is 15.0. The Morgan fingerprint density at radius 1 is 0.846 bits per heavy atom. The number of hydrogen-bond donors (Lipinski definition) is 0. The normalized spacial score (nSPS) is 47.8. The van der Waals surface area contributed by atoms with E-state index in [1.165, 1.54) is 24.2 Å². The maximum atomic E-state index is 13.1. The van der Waals surface area contributed by atoms with Crippen LogP contribution in [0.4, 0.5) is 0 Å². The Labute approximate surface area is 153 Å². The van der Waals surface area contributed by atoms with E-state index in [4.69, 9.17) is 0 Å². The Kier molecular flexibility index (Phi) is 3.08. The molecular weight excluding hydrogens is 328 g/mol. The van der Waals surface area contributed by atoms with Gasteiger partial charge in [0.15, 0.2) is 0 Å². The molecule has 5 heteroatoms. The second kappa shape index (κ2) is 5.20. The lowest BCUT2D eigenvalue weighted by Crippen LogP contribution is -2.48. The van der Waals surface area contributed by atoms with E-state index in [9.17, 15) is 14.4 Å². The molecule has 7 aliphatic rings. The van der Waals surface area contributed by atoms with Crippen molar-refractivity contribution in [1.29, 1.82) is 0 Å². The van der Waals surface area contributed by atoms with Crippen LogP contribution >= 0.6 is 0 Å². The Morgan fingerprint density at radius 2 is 1.42 bits per heavy atom. The molecule has 3 heterocycles. The standard InChI is InChI=1S/C21H26N2O3/c24-17(22-9-13-4-11-3-12(5-13)7-16(22)6-11)10-23-20(25)18-14-1-2-15(8-14)19(18)21(23)26/h1-2,11-16,18-19H,3-10H2. The Hall–Kier alpha value is -1.65. The third-order valence-corrected chi connectivity index (χ3v) is 8.28. The first-order chi connectivity index (χ1) is 12.6. The molecule has 0 aromatic carbocycles. The van der Waals surface area contributed by atoms with Crippen LogP contribution in [-0.4, -0.2) is 46.7 Å². The second-order valence-electron chi connectivity index (χ2n) is 9.74. The van der Waals surface area contributed by atoms with Gasteiger partial charge >= 0.3 is 0 Å². The van der Waals surface area contributed by atoms with Crippen molar-refractivity contribution in [3.05, 3.63) is 12.2 Å². The molecule has 0 radical (unpaired) electrons. The van der Waals surface area contributed by atoms with Gasteiger partial charge in [-0.05, 0) is 68.1 Å². The van der Waals surface area contributed by atoms with Crippen LogP contribution in [0.3, 0.4) is 0 Å². The molecule has 3 aliphatic heterocycles. The van der Waals surface area contributed by atoms with Crippen molar-refractivity contribution >= 4 is 17.7 Å². The van der Waals surface area contributed by atoms with Gasteiger partial charge in [0.05, 0.1) is 11.8 Å². The lowest BCUT2D eigenvalue weighted by molar-refractivity contribution is -0.148. The van der Waals surface area contributed by atoms with E-state index in [-0.39, 0.29) is 47.9 Å². The summed E-state index contributed by atoms with van der Waals surface area (Å²) in [4.78, 5) is 42.2. The Bertz CT molecular complexity index is 687. The quantitative estimate of drug-likeness (QED) is 0.562. The maximum Gasteiger partial charge on any atom is 0.243 e. The molecule has 6 atom stereocenters. The summed E-state index contributed by atoms with van der Waals surface area (Å²) >= 11 is 0. The Morgan fingerprint density at radius 3 is 2.04 bits per heavy atom. The molecular formula is C21H26N2O3. The summed E-state index contributed by atoms with van der Waals surface area (Å²) < 4.78 is 0. The van der Waals surface area contributed by atoms with E-state index in [0.29, 0.717) is 12.0 Å². The number of imide groups is 1. The van der Waals surface area contributed by atoms with Gasteiger partial charge in [-0.15, -0.1) is 0 Å². The average Bonchev–Trinajstić information content (AvgIpc) is 3.24. The molecule has 0 spiro atoms. The number of hydrogen-bond acceptors (Lipinski definition) is 3. The largest absolute Gasteiger partial charge is 0.338 e. The summed E-state index contributed by atoms with van der Waals surface area (Å²) in [5, 5.41) is 0. The highest BCUT2D eigenvalue weighted by Gasteiger charge is 2.59. The lowest BCUT2D eigenvalue weighted by atomic mass is 9.68. The maximum absolute atomic E-state index is 13.1. The molecule has 3 saturated carbocycles. The van der Waals surface area contributed by atoms with Crippen LogP contribution in [0.25, 0.3) is 0 Å². The van der Waals surface area contributed by atoms with Crippen molar-refractivity contribution in [2.75, 3.05) is 13.1 Å². The predicted octanol–water partition coefficient (Wildman–Crippen LogP) is 1.83. The molecule has 6 unspecified atom stereocenters. The molecule has 7 rings (SSSR count). The van der Waals surface area contributed by atoms with Gasteiger partial charge in [-0.1, -0.05) is 12.2 Å². The Balaban J connectivity index is 1.21. The van der Waals surface area contributed by atoms with Gasteiger partial charge in [0.1, 0.15) is 6.54 Å². The number of fused-ring (bicyclic) bond motifs is 6. The predicted molar refractivity (Wildman–Crippen MR) is 93.5 cm³/mol. The van der Waals surface area contributed by atoms with Crippen LogP contribution in [0.1, 0.15) is 38.5 Å². The molecule has 0 aromatic rings. The molecule has 3 amide bonds. The second-order valence-corrected chi connectivity index (χ2v) is 9.74. The number of carbonyl (C=O) groups excluding carboxylic acids is 3. The zero-order chi connectivity index (χ0) is 17.6. The molecule has 5 nitrogen and oxygen atoms in total. The molecule has 4 aliphatic carbocycles. The zero-order valence-corrected chi connectivity index (χ0v) is 15.0. The number of carbonyl (C=O) groups is 3. The van der Waals surface area contributed by atoms with Gasteiger partial charge in [0.2, 0.25) is 17.7 Å². The topological polar surface area (TPSA) is 57.7 Å². The monoisotopic (exact) mass is 354 g/mol. The minimum Gasteiger partial charge on any atom is -0.338 e. The molecule has 6 fully saturated rings. The van der Waals surface area contributed by atoms with Crippen LogP contribution < -0.4 is 0 Å². The highest BCUT2D eigenvalue weighted by Crippen LogP contribution is 2.52. The number of nitrogens with zero attached hydrogens (tertiary/aromatic N) is 2. The number of allylic oxidation sites excluding steroid dienone is 2. The fourth-order valence-corrected chi connectivity index (χ4v) is 7.44. The molecule has 3 saturated heterocycles. The number of likely N-dealkylation sites (tertiary alicyclic amines) is 1. The minimum atomic E-state index is -0.193. The van der Waals surface area contributed by atoms with E-state index in [1.54, 1.807) is 0 Å². The van der Waals surface area contributed by atoms with Crippen LogP contribution in [0.5, 0.6) is 0 Å². The lowest BCUT2D eigenvalue weighted by Gasteiger charge is -2.39. The van der Waals surface area contributed by atoms with Crippen LogP contribution in [-0.2, 0) is 14.4 Å². The summed E-state index contributed by atoms with van der Waals surface area (Å²) in [5.41, 5.74) is 0. The SMILES string of the molecule is O=C1C2C3C=CC(C3)C2C(=O)N1CC(=O)N1CC2CC3CC(C2)CC1C3. The molecule has 0 N–H and O–H groups in total. The summed E-state index contributed by atoms with van der Waals surface area (Å²) in [7, 11) is 0. The molecule has 26 heavy (non-hydrogen) atoms. The highest BCUT2D eigenvalue weighted by atomic mass is 16.2. The van der Waals surface area contributed by atoms with E-state index in [2.05, 4.69) is 12.2 Å². The smallest absolute Gasteiger partial charge is 0.243 e. The molecule has 0 aromatic heterocycles. The first-order valence-corrected chi connectivity index (χ1v) is 10.4. The van der Waals surface area contributed by atoms with E-state index < -0.39 is 0 Å². The highest BCUT2D eigenvalue weighted by molar-refractivity contribution is 6.08. The summed E-state index contributed by atoms with van der Waals surface area (Å²) in [6.07, 6.45) is 11.3. The van der Waals surface area contributed by atoms with Gasteiger partial charge in [-0.25, -0.2) is 0 Å². The van der Waals surface area contributed by atoms with Gasteiger partial charge in [0.25, 0.3) is 0 Å². The fraction of sp³-hybridized carbons (Fsp3) is 0.762. The van der Waals surface area contributed by atoms with Crippen molar-refractivity contribution in [3.8, 4) is 0 Å². The fourth-order valence-electron chi connectivity index (χ4n) is 7.44. The van der Waals surface area contributed by atoms with Gasteiger partial charge in [-0.3, -0.25) is 19.3 Å². The van der Waals surface area contributed by atoms with Crippen molar-refractivity contribution in [2.45, 2.75) is 44.6 Å².